The first-order valence-corrected chi connectivity index (χ1v) is 12.7. The van der Waals surface area contributed by atoms with E-state index in [-0.39, 0.29) is 36.4 Å². The van der Waals surface area contributed by atoms with Gasteiger partial charge in [0.05, 0.1) is 6.04 Å². The summed E-state index contributed by atoms with van der Waals surface area (Å²) in [7, 11) is 0. The van der Waals surface area contributed by atoms with Gasteiger partial charge >= 0.3 is 0 Å². The van der Waals surface area contributed by atoms with Crippen LogP contribution >= 0.6 is 11.3 Å². The lowest BCUT2D eigenvalue weighted by Crippen LogP contribution is -2.48. The summed E-state index contributed by atoms with van der Waals surface area (Å²) in [4.78, 5) is 32.3. The van der Waals surface area contributed by atoms with Crippen molar-refractivity contribution < 1.29 is 9.59 Å². The van der Waals surface area contributed by atoms with Gasteiger partial charge in [-0.1, -0.05) is 49.1 Å². The molecule has 2 amide bonds. The molecule has 1 atom stereocenters. The Morgan fingerprint density at radius 1 is 1.03 bits per heavy atom. The average molecular weight is 437 g/mol. The van der Waals surface area contributed by atoms with Crippen molar-refractivity contribution in [2.75, 3.05) is 13.1 Å². The predicted octanol–water partition coefficient (Wildman–Crippen LogP) is 5.10. The van der Waals surface area contributed by atoms with E-state index in [1.807, 2.05) is 9.80 Å². The molecule has 2 aliphatic carbocycles. The molecule has 0 N–H and O–H groups in total. The molecule has 1 aromatic carbocycles. The molecule has 2 aromatic rings. The van der Waals surface area contributed by atoms with Gasteiger partial charge in [0.1, 0.15) is 6.54 Å². The first-order chi connectivity index (χ1) is 15.1. The van der Waals surface area contributed by atoms with Crippen molar-refractivity contribution in [3.8, 4) is 0 Å². The minimum Gasteiger partial charge on any atom is -0.330 e. The summed E-state index contributed by atoms with van der Waals surface area (Å²) in [6.07, 6.45) is 8.50. The second-order valence-corrected chi connectivity index (χ2v) is 10.5. The van der Waals surface area contributed by atoms with Gasteiger partial charge in [-0.3, -0.25) is 9.59 Å². The summed E-state index contributed by atoms with van der Waals surface area (Å²) >= 11 is 1.79. The van der Waals surface area contributed by atoms with Crippen molar-refractivity contribution in [3.63, 3.8) is 0 Å². The second kappa shape index (κ2) is 8.78. The monoisotopic (exact) mass is 436 g/mol. The van der Waals surface area contributed by atoms with Gasteiger partial charge in [0, 0.05) is 23.4 Å². The van der Waals surface area contributed by atoms with Crippen LogP contribution in [0, 0.1) is 12.8 Å². The Bertz CT molecular complexity index is 941. The first kappa shape index (κ1) is 20.7. The molecule has 0 spiro atoms. The quantitative estimate of drug-likeness (QED) is 0.654. The highest BCUT2D eigenvalue weighted by molar-refractivity contribution is 7.10. The molecule has 1 aliphatic heterocycles. The first-order valence-electron chi connectivity index (χ1n) is 11.8. The molecule has 0 saturated heterocycles. The van der Waals surface area contributed by atoms with Crippen LogP contribution in [0.5, 0.6) is 0 Å². The second-order valence-electron chi connectivity index (χ2n) is 9.48. The highest BCUT2D eigenvalue weighted by atomic mass is 32.1. The molecule has 5 heteroatoms. The Morgan fingerprint density at radius 2 is 1.77 bits per heavy atom. The molecule has 164 valence electrons. The summed E-state index contributed by atoms with van der Waals surface area (Å²) in [6, 6.07) is 11.0. The molecule has 2 heterocycles. The minimum absolute atomic E-state index is 0.0473. The summed E-state index contributed by atoms with van der Waals surface area (Å²) in [5, 5.41) is 2.14. The van der Waals surface area contributed by atoms with Crippen LogP contribution in [-0.2, 0) is 16.0 Å². The van der Waals surface area contributed by atoms with E-state index in [1.54, 1.807) is 11.3 Å². The highest BCUT2D eigenvalue weighted by Gasteiger charge is 2.40. The number of hydrogen-bond acceptors (Lipinski definition) is 3. The molecule has 4 nitrogen and oxygen atoms in total. The molecule has 2 saturated carbocycles. The highest BCUT2D eigenvalue weighted by Crippen LogP contribution is 2.39. The normalized spacial score (nSPS) is 21.6. The number of nitrogens with zero attached hydrogens (tertiary/aromatic N) is 2. The van der Waals surface area contributed by atoms with Crippen LogP contribution in [0.2, 0.25) is 0 Å². The van der Waals surface area contributed by atoms with Crippen LogP contribution < -0.4 is 0 Å². The Morgan fingerprint density at radius 3 is 2.48 bits per heavy atom. The van der Waals surface area contributed by atoms with Crippen molar-refractivity contribution in [2.24, 2.45) is 5.92 Å². The molecule has 0 radical (unpaired) electrons. The number of hydrogen-bond donors (Lipinski definition) is 0. The smallest absolute Gasteiger partial charge is 0.243 e. The third-order valence-electron chi connectivity index (χ3n) is 7.21. The lowest BCUT2D eigenvalue weighted by atomic mass is 9.88. The van der Waals surface area contributed by atoms with Crippen molar-refractivity contribution in [2.45, 2.75) is 70.4 Å². The van der Waals surface area contributed by atoms with Gasteiger partial charge in [0.15, 0.2) is 0 Å². The molecular formula is C26H32N2O2S. The molecule has 1 unspecified atom stereocenters. The summed E-state index contributed by atoms with van der Waals surface area (Å²) < 4.78 is 0. The van der Waals surface area contributed by atoms with E-state index in [1.165, 1.54) is 22.4 Å². The third kappa shape index (κ3) is 4.30. The van der Waals surface area contributed by atoms with Gasteiger partial charge in [-0.2, -0.15) is 0 Å². The fourth-order valence-electron chi connectivity index (χ4n) is 5.29. The maximum absolute atomic E-state index is 13.6. The van der Waals surface area contributed by atoms with E-state index in [4.69, 9.17) is 0 Å². The predicted molar refractivity (Wildman–Crippen MR) is 124 cm³/mol. The van der Waals surface area contributed by atoms with Gasteiger partial charge in [-0.25, -0.2) is 0 Å². The van der Waals surface area contributed by atoms with Crippen molar-refractivity contribution in [3.05, 3.63) is 57.3 Å². The van der Waals surface area contributed by atoms with E-state index >= 15 is 0 Å². The molecule has 0 bridgehead atoms. The lowest BCUT2D eigenvalue weighted by Gasteiger charge is -2.38. The number of thiophene rings is 1. The molecule has 1 aromatic heterocycles. The number of rotatable bonds is 5. The zero-order valence-electron chi connectivity index (χ0n) is 18.4. The van der Waals surface area contributed by atoms with E-state index in [9.17, 15) is 9.59 Å². The van der Waals surface area contributed by atoms with Crippen molar-refractivity contribution in [1.82, 2.24) is 9.80 Å². The Kier molecular flexibility index (Phi) is 5.87. The molecule has 31 heavy (non-hydrogen) atoms. The van der Waals surface area contributed by atoms with Gasteiger partial charge in [0.25, 0.3) is 0 Å². The number of aryl methyl sites for hydroxylation is 1. The number of carbonyl (C=O) groups is 2. The van der Waals surface area contributed by atoms with Crippen LogP contribution in [-0.4, -0.2) is 40.7 Å². The molecule has 5 rings (SSSR count). The van der Waals surface area contributed by atoms with E-state index in [2.05, 4.69) is 42.6 Å². The number of fused-ring (bicyclic) bond motifs is 1. The zero-order valence-corrected chi connectivity index (χ0v) is 19.2. The van der Waals surface area contributed by atoms with Gasteiger partial charge < -0.3 is 9.80 Å². The van der Waals surface area contributed by atoms with Crippen LogP contribution in [0.1, 0.15) is 72.6 Å². The van der Waals surface area contributed by atoms with Crippen LogP contribution in [0.4, 0.5) is 0 Å². The fraction of sp³-hybridized carbons (Fsp3) is 0.538. The minimum atomic E-state index is -0.0473. The maximum Gasteiger partial charge on any atom is 0.243 e. The zero-order chi connectivity index (χ0) is 21.4. The Balaban J connectivity index is 1.38. The molecule has 3 aliphatic rings. The SMILES string of the molecule is Cc1ccc(C2c3ccsc3CCN2C(=O)CN(C(=O)C2CCCCC2)C2CC2)cc1. The van der Waals surface area contributed by atoms with Gasteiger partial charge in [-0.05, 0) is 61.6 Å². The number of carbonyl (C=O) groups excluding carboxylic acids is 2. The topological polar surface area (TPSA) is 40.6 Å². The van der Waals surface area contributed by atoms with Gasteiger partial charge in [0.2, 0.25) is 11.8 Å². The standard InChI is InChI=1S/C26H32N2O2S/c1-18-7-9-19(10-8-18)25-22-14-16-31-23(22)13-15-27(25)24(29)17-28(21-11-12-21)26(30)20-5-3-2-4-6-20/h7-10,14,16,20-21,25H,2-6,11-13,15,17H2,1H3. The third-order valence-corrected chi connectivity index (χ3v) is 8.21. The largest absolute Gasteiger partial charge is 0.330 e. The fourth-order valence-corrected chi connectivity index (χ4v) is 6.19. The number of amides is 2. The van der Waals surface area contributed by atoms with Crippen LogP contribution in [0.3, 0.4) is 0 Å². The molecular weight excluding hydrogens is 404 g/mol. The maximum atomic E-state index is 13.6. The molecule has 2 fully saturated rings. The Hall–Kier alpha value is -2.14. The average Bonchev–Trinajstić information content (AvgIpc) is 3.53. The lowest BCUT2D eigenvalue weighted by molar-refractivity contribution is -0.145. The van der Waals surface area contributed by atoms with Crippen LogP contribution in [0.15, 0.2) is 35.7 Å². The van der Waals surface area contributed by atoms with E-state index in [0.717, 1.165) is 57.1 Å². The summed E-state index contributed by atoms with van der Waals surface area (Å²) in [5.74, 6) is 0.453. The summed E-state index contributed by atoms with van der Waals surface area (Å²) in [5.41, 5.74) is 3.64. The van der Waals surface area contributed by atoms with Crippen molar-refractivity contribution in [1.29, 1.82) is 0 Å². The Labute approximate surface area is 189 Å². The van der Waals surface area contributed by atoms with Gasteiger partial charge in [-0.15, -0.1) is 11.3 Å². The van der Waals surface area contributed by atoms with Crippen LogP contribution in [0.25, 0.3) is 0 Å². The van der Waals surface area contributed by atoms with E-state index in [0.29, 0.717) is 0 Å². The summed E-state index contributed by atoms with van der Waals surface area (Å²) in [6.45, 7) is 3.05. The van der Waals surface area contributed by atoms with E-state index < -0.39 is 0 Å². The van der Waals surface area contributed by atoms with Crippen molar-refractivity contribution >= 4 is 23.2 Å². The number of benzene rings is 1.